The van der Waals surface area contributed by atoms with Gasteiger partial charge in [-0.2, -0.15) is 0 Å². The van der Waals surface area contributed by atoms with Gasteiger partial charge in [-0.15, -0.1) is 0 Å². The molecule has 17 heavy (non-hydrogen) atoms. The number of likely N-dealkylation sites (N-methyl/N-ethyl adjacent to an activating group) is 1. The smallest absolute Gasteiger partial charge is 0.148 e. The van der Waals surface area contributed by atoms with E-state index >= 15 is 0 Å². The molecular formula is C12H26N2O2S. The minimum Gasteiger partial charge on any atom is -0.314 e. The Labute approximate surface area is 106 Å². The standard InChI is InChI=1S/C12H26N2O2S/c1-14(12-6-4-3-5-7-12)10-8-13-9-11-17(2,15)16/h12-13H,3-11H2,1-2H3. The molecule has 1 saturated carbocycles. The molecule has 0 atom stereocenters. The molecule has 1 N–H and O–H groups in total. The fraction of sp³-hybridized carbons (Fsp3) is 1.00. The van der Waals surface area contributed by atoms with E-state index in [2.05, 4.69) is 17.3 Å². The average molecular weight is 262 g/mol. The van der Waals surface area contributed by atoms with Gasteiger partial charge in [0.1, 0.15) is 9.84 Å². The molecule has 102 valence electrons. The van der Waals surface area contributed by atoms with Gasteiger partial charge >= 0.3 is 0 Å². The number of hydrogen-bond donors (Lipinski definition) is 1. The molecule has 1 aliphatic carbocycles. The Balaban J connectivity index is 2.05. The van der Waals surface area contributed by atoms with E-state index in [1.54, 1.807) is 0 Å². The summed E-state index contributed by atoms with van der Waals surface area (Å²) in [6.07, 6.45) is 8.02. The van der Waals surface area contributed by atoms with Gasteiger partial charge < -0.3 is 10.2 Å². The van der Waals surface area contributed by atoms with Crippen molar-refractivity contribution in [1.29, 1.82) is 0 Å². The molecule has 0 spiro atoms. The minimum absolute atomic E-state index is 0.236. The van der Waals surface area contributed by atoms with Crippen molar-refractivity contribution in [3.05, 3.63) is 0 Å². The van der Waals surface area contributed by atoms with Crippen molar-refractivity contribution >= 4 is 9.84 Å². The molecule has 1 aliphatic rings. The summed E-state index contributed by atoms with van der Waals surface area (Å²) in [6.45, 7) is 2.45. The van der Waals surface area contributed by atoms with Crippen molar-refractivity contribution in [2.45, 2.75) is 38.1 Å². The van der Waals surface area contributed by atoms with Crippen molar-refractivity contribution in [3.63, 3.8) is 0 Å². The fourth-order valence-corrected chi connectivity index (χ4v) is 2.86. The fourth-order valence-electron chi connectivity index (χ4n) is 2.34. The monoisotopic (exact) mass is 262 g/mol. The van der Waals surface area contributed by atoms with Gasteiger partial charge in [-0.3, -0.25) is 0 Å². The van der Waals surface area contributed by atoms with Crippen LogP contribution in [-0.4, -0.2) is 58.1 Å². The molecular weight excluding hydrogens is 236 g/mol. The topological polar surface area (TPSA) is 49.4 Å². The van der Waals surface area contributed by atoms with Gasteiger partial charge in [0.15, 0.2) is 0 Å². The Hall–Kier alpha value is -0.130. The van der Waals surface area contributed by atoms with Gasteiger partial charge in [0, 0.05) is 31.9 Å². The normalized spacial score (nSPS) is 18.8. The Morgan fingerprint density at radius 2 is 1.82 bits per heavy atom. The lowest BCUT2D eigenvalue weighted by molar-refractivity contribution is 0.192. The molecule has 0 bridgehead atoms. The Morgan fingerprint density at radius 1 is 1.18 bits per heavy atom. The van der Waals surface area contributed by atoms with Crippen molar-refractivity contribution < 1.29 is 8.42 Å². The summed E-state index contributed by atoms with van der Waals surface area (Å²) in [6, 6.07) is 0.737. The van der Waals surface area contributed by atoms with Crippen LogP contribution < -0.4 is 5.32 Å². The third kappa shape index (κ3) is 7.01. The largest absolute Gasteiger partial charge is 0.314 e. The lowest BCUT2D eigenvalue weighted by Gasteiger charge is -2.31. The van der Waals surface area contributed by atoms with E-state index < -0.39 is 9.84 Å². The molecule has 0 heterocycles. The van der Waals surface area contributed by atoms with Gasteiger partial charge in [-0.1, -0.05) is 19.3 Å². The van der Waals surface area contributed by atoms with E-state index in [0.29, 0.717) is 6.54 Å². The summed E-state index contributed by atoms with van der Waals surface area (Å²) in [5.41, 5.74) is 0. The predicted octanol–water partition coefficient (Wildman–Crippen LogP) is 0.885. The van der Waals surface area contributed by atoms with Gasteiger partial charge in [-0.25, -0.2) is 8.42 Å². The number of sulfone groups is 1. The molecule has 0 unspecified atom stereocenters. The first-order valence-electron chi connectivity index (χ1n) is 6.58. The summed E-state index contributed by atoms with van der Waals surface area (Å²) in [7, 11) is -0.647. The molecule has 0 aromatic carbocycles. The molecule has 5 heteroatoms. The molecule has 0 saturated heterocycles. The summed E-state index contributed by atoms with van der Waals surface area (Å²) in [5.74, 6) is 0.236. The zero-order valence-electron chi connectivity index (χ0n) is 11.1. The maximum absolute atomic E-state index is 10.9. The summed E-state index contributed by atoms with van der Waals surface area (Å²) >= 11 is 0. The van der Waals surface area contributed by atoms with Gasteiger partial charge in [0.05, 0.1) is 5.75 Å². The lowest BCUT2D eigenvalue weighted by Crippen LogP contribution is -2.38. The van der Waals surface area contributed by atoms with E-state index in [4.69, 9.17) is 0 Å². The molecule has 0 aliphatic heterocycles. The van der Waals surface area contributed by atoms with Gasteiger partial charge in [-0.05, 0) is 19.9 Å². The van der Waals surface area contributed by atoms with Gasteiger partial charge in [0.25, 0.3) is 0 Å². The first kappa shape index (κ1) is 14.9. The third-order valence-corrected chi connectivity index (χ3v) is 4.43. The highest BCUT2D eigenvalue weighted by Gasteiger charge is 2.17. The maximum Gasteiger partial charge on any atom is 0.148 e. The first-order valence-corrected chi connectivity index (χ1v) is 8.64. The molecule has 1 fully saturated rings. The van der Waals surface area contributed by atoms with Crippen LogP contribution in [0.4, 0.5) is 0 Å². The second kappa shape index (κ2) is 7.34. The zero-order valence-corrected chi connectivity index (χ0v) is 11.9. The third-order valence-electron chi connectivity index (χ3n) is 3.49. The maximum atomic E-state index is 10.9. The number of nitrogens with one attached hydrogen (secondary N) is 1. The first-order chi connectivity index (χ1) is 7.99. The van der Waals surface area contributed by atoms with Crippen LogP contribution in [0.15, 0.2) is 0 Å². The highest BCUT2D eigenvalue weighted by molar-refractivity contribution is 7.90. The number of rotatable bonds is 7. The lowest BCUT2D eigenvalue weighted by atomic mass is 9.94. The minimum atomic E-state index is -2.82. The van der Waals surface area contributed by atoms with E-state index in [1.807, 2.05) is 0 Å². The SMILES string of the molecule is CN(CCNCCS(C)(=O)=O)C1CCCCC1. The molecule has 1 rings (SSSR count). The van der Waals surface area contributed by atoms with Crippen LogP contribution in [0.5, 0.6) is 0 Å². The van der Waals surface area contributed by atoms with Crippen molar-refractivity contribution in [2.75, 3.05) is 38.7 Å². The van der Waals surface area contributed by atoms with Crippen molar-refractivity contribution in [2.24, 2.45) is 0 Å². The molecule has 0 radical (unpaired) electrons. The van der Waals surface area contributed by atoms with E-state index in [9.17, 15) is 8.42 Å². The Morgan fingerprint density at radius 3 is 2.41 bits per heavy atom. The zero-order chi connectivity index (χ0) is 12.7. The highest BCUT2D eigenvalue weighted by Crippen LogP contribution is 2.20. The summed E-state index contributed by atoms with van der Waals surface area (Å²) < 4.78 is 21.9. The average Bonchev–Trinajstić information content (AvgIpc) is 2.28. The molecule has 0 aromatic heterocycles. The van der Waals surface area contributed by atoms with Crippen LogP contribution in [-0.2, 0) is 9.84 Å². The van der Waals surface area contributed by atoms with Crippen LogP contribution in [0, 0.1) is 0 Å². The number of nitrogens with zero attached hydrogens (tertiary/aromatic N) is 1. The predicted molar refractivity (Wildman–Crippen MR) is 72.1 cm³/mol. The second-order valence-electron chi connectivity index (χ2n) is 5.15. The quantitative estimate of drug-likeness (QED) is 0.692. The molecule has 0 aromatic rings. The van der Waals surface area contributed by atoms with Crippen molar-refractivity contribution in [3.8, 4) is 0 Å². The van der Waals surface area contributed by atoms with Crippen LogP contribution >= 0.6 is 0 Å². The van der Waals surface area contributed by atoms with Gasteiger partial charge in [0.2, 0.25) is 0 Å². The van der Waals surface area contributed by atoms with Crippen LogP contribution in [0.25, 0.3) is 0 Å². The molecule has 0 amide bonds. The van der Waals surface area contributed by atoms with E-state index in [-0.39, 0.29) is 5.75 Å². The van der Waals surface area contributed by atoms with E-state index in [0.717, 1.165) is 19.1 Å². The van der Waals surface area contributed by atoms with Crippen LogP contribution in [0.1, 0.15) is 32.1 Å². The molecule has 4 nitrogen and oxygen atoms in total. The number of hydrogen-bond acceptors (Lipinski definition) is 4. The van der Waals surface area contributed by atoms with E-state index in [1.165, 1.54) is 38.4 Å². The second-order valence-corrected chi connectivity index (χ2v) is 7.41. The van der Waals surface area contributed by atoms with Crippen molar-refractivity contribution in [1.82, 2.24) is 10.2 Å². The summed E-state index contributed by atoms with van der Waals surface area (Å²) in [5, 5.41) is 3.19. The Kier molecular flexibility index (Phi) is 6.44. The Bertz CT molecular complexity index is 298. The van der Waals surface area contributed by atoms with Crippen LogP contribution in [0.2, 0.25) is 0 Å². The van der Waals surface area contributed by atoms with Crippen LogP contribution in [0.3, 0.4) is 0 Å². The highest BCUT2D eigenvalue weighted by atomic mass is 32.2. The summed E-state index contributed by atoms with van der Waals surface area (Å²) in [4.78, 5) is 2.41.